The third-order valence-electron chi connectivity index (χ3n) is 5.47. The molecule has 0 aliphatic carbocycles. The van der Waals surface area contributed by atoms with Crippen LogP contribution in [0.25, 0.3) is 21.8 Å². The normalized spacial score (nSPS) is 11.6. The smallest absolute Gasteiger partial charge is 0.276 e. The van der Waals surface area contributed by atoms with E-state index >= 15 is 0 Å². The topological polar surface area (TPSA) is 128 Å². The summed E-state index contributed by atoms with van der Waals surface area (Å²) < 4.78 is 0. The van der Waals surface area contributed by atoms with E-state index in [4.69, 9.17) is 0 Å². The molecule has 170 valence electrons. The number of nitrogens with zero attached hydrogens (tertiary/aromatic N) is 3. The van der Waals surface area contributed by atoms with Gasteiger partial charge in [-0.2, -0.15) is 0 Å². The van der Waals surface area contributed by atoms with Crippen LogP contribution in [0.5, 0.6) is 0 Å². The third-order valence-corrected chi connectivity index (χ3v) is 5.47. The minimum absolute atomic E-state index is 0.120. The van der Waals surface area contributed by atoms with Gasteiger partial charge in [-0.1, -0.05) is 51.1 Å². The summed E-state index contributed by atoms with van der Waals surface area (Å²) in [5.74, 6) is -0.177. The van der Waals surface area contributed by atoms with Crippen LogP contribution in [0.3, 0.4) is 0 Å². The zero-order valence-electron chi connectivity index (χ0n) is 18.9. The van der Waals surface area contributed by atoms with E-state index < -0.39 is 5.91 Å². The predicted octanol–water partition coefficient (Wildman–Crippen LogP) is 4.64. The van der Waals surface area contributed by atoms with Crippen molar-refractivity contribution in [3.63, 3.8) is 0 Å². The Balaban J connectivity index is 1.38. The average molecular weight is 454 g/mol. The number of fused-ring (bicyclic) bond motifs is 2. The van der Waals surface area contributed by atoms with Gasteiger partial charge in [0, 0.05) is 22.7 Å². The van der Waals surface area contributed by atoms with Crippen LogP contribution in [-0.4, -0.2) is 36.7 Å². The number of aromatic amines is 2. The van der Waals surface area contributed by atoms with Crippen LogP contribution >= 0.6 is 0 Å². The predicted molar refractivity (Wildman–Crippen MR) is 131 cm³/mol. The van der Waals surface area contributed by atoms with Gasteiger partial charge in [0.1, 0.15) is 11.2 Å². The van der Waals surface area contributed by atoms with Crippen LogP contribution in [0.15, 0.2) is 60.9 Å². The van der Waals surface area contributed by atoms with Crippen LogP contribution in [0, 0.1) is 0 Å². The number of nitrogens with one attached hydrogen (secondary N) is 4. The molecule has 0 aliphatic heterocycles. The van der Waals surface area contributed by atoms with E-state index in [2.05, 4.69) is 56.3 Å². The minimum Gasteiger partial charge on any atom is -0.327 e. The maximum atomic E-state index is 12.9. The zero-order chi connectivity index (χ0) is 23.9. The number of pyridine rings is 1. The third kappa shape index (κ3) is 4.11. The fraction of sp³-hybridized carbons (Fsp3) is 0.160. The summed E-state index contributed by atoms with van der Waals surface area (Å²) in [6.07, 6.45) is 3.37. The first-order valence-corrected chi connectivity index (χ1v) is 10.8. The summed E-state index contributed by atoms with van der Waals surface area (Å²) in [6, 6.07) is 14.6. The fourth-order valence-corrected chi connectivity index (χ4v) is 3.59. The molecule has 4 N–H and O–H groups in total. The van der Waals surface area contributed by atoms with E-state index in [0.717, 1.165) is 16.5 Å². The Hall–Kier alpha value is -4.53. The monoisotopic (exact) mass is 453 g/mol. The molecule has 0 bridgehead atoms. The quantitative estimate of drug-likeness (QED) is 0.315. The van der Waals surface area contributed by atoms with E-state index in [9.17, 15) is 9.59 Å². The van der Waals surface area contributed by atoms with Gasteiger partial charge in [-0.25, -0.2) is 9.97 Å². The number of aromatic nitrogens is 5. The standard InChI is InChI=1S/C25H23N7O2/c1-25(2,3)19-13-27-23(29-19)31-21(33)16-9-6-10-17-20(16)30-24(28-17)32-22(34)18-11-14-7-4-5-8-15(14)12-26-18/h4-13H,1-3H3,(H2,27,29,31,33)(H2,28,30,32,34). The Morgan fingerprint density at radius 1 is 0.824 bits per heavy atom. The van der Waals surface area contributed by atoms with Crippen molar-refractivity contribution >= 4 is 45.5 Å². The highest BCUT2D eigenvalue weighted by Gasteiger charge is 2.19. The second kappa shape index (κ2) is 8.11. The molecule has 0 spiro atoms. The number of hydrogen-bond acceptors (Lipinski definition) is 5. The van der Waals surface area contributed by atoms with Gasteiger partial charge in [-0.05, 0) is 23.6 Å². The molecular formula is C25H23N7O2. The first kappa shape index (κ1) is 21.3. The molecule has 0 fully saturated rings. The summed E-state index contributed by atoms with van der Waals surface area (Å²) >= 11 is 0. The number of benzene rings is 2. The summed E-state index contributed by atoms with van der Waals surface area (Å²) in [5.41, 5.74) is 2.46. The summed E-state index contributed by atoms with van der Waals surface area (Å²) in [4.78, 5) is 44.8. The first-order chi connectivity index (χ1) is 16.3. The molecule has 2 amide bonds. The summed E-state index contributed by atoms with van der Waals surface area (Å²) in [5, 5.41) is 7.37. The van der Waals surface area contributed by atoms with Crippen molar-refractivity contribution in [3.8, 4) is 0 Å². The number of carbonyl (C=O) groups excluding carboxylic acids is 2. The first-order valence-electron chi connectivity index (χ1n) is 10.8. The van der Waals surface area contributed by atoms with Gasteiger partial charge in [0.15, 0.2) is 0 Å². The molecule has 0 saturated heterocycles. The Labute approximate surface area is 195 Å². The molecule has 3 heterocycles. The van der Waals surface area contributed by atoms with Crippen molar-refractivity contribution in [1.29, 1.82) is 0 Å². The van der Waals surface area contributed by atoms with Gasteiger partial charge in [0.2, 0.25) is 11.9 Å². The van der Waals surface area contributed by atoms with Crippen LogP contribution in [0.2, 0.25) is 0 Å². The van der Waals surface area contributed by atoms with E-state index in [1.165, 1.54) is 0 Å². The van der Waals surface area contributed by atoms with Crippen LogP contribution < -0.4 is 10.6 Å². The highest BCUT2D eigenvalue weighted by molar-refractivity contribution is 6.11. The van der Waals surface area contributed by atoms with Crippen molar-refractivity contribution in [1.82, 2.24) is 24.9 Å². The van der Waals surface area contributed by atoms with Crippen molar-refractivity contribution in [2.75, 3.05) is 10.6 Å². The van der Waals surface area contributed by atoms with Gasteiger partial charge in [0.25, 0.3) is 11.8 Å². The number of rotatable bonds is 4. The lowest BCUT2D eigenvalue weighted by Gasteiger charge is -2.15. The molecular weight excluding hydrogens is 430 g/mol. The van der Waals surface area contributed by atoms with Gasteiger partial charge in [-0.3, -0.25) is 25.2 Å². The summed E-state index contributed by atoms with van der Waals surface area (Å²) in [7, 11) is 0. The van der Waals surface area contributed by atoms with Crippen LogP contribution in [-0.2, 0) is 5.41 Å². The molecule has 9 heteroatoms. The SMILES string of the molecule is CC(C)(C)c1cnc(NC(=O)c2cccc3[nH]c(NC(=O)c4cc5ccccc5cn4)nc23)[nH]1. The molecule has 2 aromatic carbocycles. The molecule has 0 atom stereocenters. The van der Waals surface area contributed by atoms with Gasteiger partial charge in [-0.15, -0.1) is 0 Å². The van der Waals surface area contributed by atoms with Crippen molar-refractivity contribution < 1.29 is 9.59 Å². The maximum absolute atomic E-state index is 12.9. The molecule has 3 aromatic heterocycles. The van der Waals surface area contributed by atoms with Crippen molar-refractivity contribution in [2.24, 2.45) is 0 Å². The zero-order valence-corrected chi connectivity index (χ0v) is 18.9. The number of para-hydroxylation sites is 1. The van der Waals surface area contributed by atoms with Gasteiger partial charge in [0.05, 0.1) is 17.3 Å². The number of imidazole rings is 2. The molecule has 34 heavy (non-hydrogen) atoms. The molecule has 0 unspecified atom stereocenters. The minimum atomic E-state index is -0.402. The molecule has 5 rings (SSSR count). The average Bonchev–Trinajstić information content (AvgIpc) is 3.45. The molecule has 0 aliphatic rings. The van der Waals surface area contributed by atoms with Crippen LogP contribution in [0.1, 0.15) is 47.3 Å². The maximum Gasteiger partial charge on any atom is 0.276 e. The van der Waals surface area contributed by atoms with E-state index in [-0.39, 0.29) is 23.0 Å². The van der Waals surface area contributed by atoms with Crippen LogP contribution in [0.4, 0.5) is 11.9 Å². The van der Waals surface area contributed by atoms with Gasteiger partial charge < -0.3 is 9.97 Å². The Morgan fingerprint density at radius 2 is 1.59 bits per heavy atom. The summed E-state index contributed by atoms with van der Waals surface area (Å²) in [6.45, 7) is 6.17. The highest BCUT2D eigenvalue weighted by Crippen LogP contribution is 2.23. The lowest BCUT2D eigenvalue weighted by atomic mass is 9.93. The number of amides is 2. The number of H-pyrrole nitrogens is 2. The molecule has 9 nitrogen and oxygen atoms in total. The number of carbonyl (C=O) groups is 2. The molecule has 0 radical (unpaired) electrons. The second-order valence-corrected chi connectivity index (χ2v) is 9.01. The van der Waals surface area contributed by atoms with E-state index in [0.29, 0.717) is 22.5 Å². The molecule has 5 aromatic rings. The largest absolute Gasteiger partial charge is 0.327 e. The van der Waals surface area contributed by atoms with Gasteiger partial charge >= 0.3 is 0 Å². The van der Waals surface area contributed by atoms with Crippen molar-refractivity contribution in [3.05, 3.63) is 77.9 Å². The fourth-order valence-electron chi connectivity index (χ4n) is 3.59. The molecule has 0 saturated carbocycles. The lowest BCUT2D eigenvalue weighted by molar-refractivity contribution is 0.101. The Bertz CT molecular complexity index is 1540. The van der Waals surface area contributed by atoms with E-state index in [1.807, 2.05) is 24.3 Å². The number of anilines is 2. The Morgan fingerprint density at radius 3 is 2.35 bits per heavy atom. The Kier molecular flexibility index (Phi) is 5.09. The highest BCUT2D eigenvalue weighted by atomic mass is 16.2. The number of hydrogen-bond donors (Lipinski definition) is 4. The lowest BCUT2D eigenvalue weighted by Crippen LogP contribution is -2.15. The van der Waals surface area contributed by atoms with Crippen molar-refractivity contribution in [2.45, 2.75) is 26.2 Å². The van der Waals surface area contributed by atoms with E-state index in [1.54, 1.807) is 36.7 Å². The second-order valence-electron chi connectivity index (χ2n) is 9.01.